The summed E-state index contributed by atoms with van der Waals surface area (Å²) in [6.45, 7) is 1.92. The van der Waals surface area contributed by atoms with Gasteiger partial charge in [-0.1, -0.05) is 115 Å². The molecule has 0 amide bonds. The number of fused-ring (bicyclic) bond motifs is 2. The topological polar surface area (TPSA) is 30.9 Å². The van der Waals surface area contributed by atoms with E-state index in [-0.39, 0.29) is 6.04 Å². The minimum absolute atomic E-state index is 0.193. The lowest BCUT2D eigenvalue weighted by molar-refractivity contribution is 0.0579. The molecule has 6 rings (SSSR count). The minimum atomic E-state index is -2.89. The number of hydrogen-bond acceptors (Lipinski definition) is 4. The molecule has 0 saturated heterocycles. The summed E-state index contributed by atoms with van der Waals surface area (Å²) in [5.41, 5.74) is 3.78. The molecule has 0 spiro atoms. The lowest BCUT2D eigenvalue weighted by atomic mass is 10.0. The van der Waals surface area contributed by atoms with Crippen molar-refractivity contribution in [2.24, 2.45) is 0 Å². The predicted molar refractivity (Wildman–Crippen MR) is 178 cm³/mol. The van der Waals surface area contributed by atoms with Gasteiger partial charge in [-0.3, -0.25) is 4.90 Å². The predicted octanol–water partition coefficient (Wildman–Crippen LogP) is 4.65. The molecule has 0 bridgehead atoms. The number of rotatable bonds is 6. The second-order valence-electron chi connectivity index (χ2n) is 11.3. The molecule has 1 atom stereocenters. The molecule has 0 unspecified atom stereocenters. The summed E-state index contributed by atoms with van der Waals surface area (Å²) in [5.74, 6) is 1.50. The average molecular weight is 586 g/mol. The SMILES string of the molecule is COc1cc2c(cc1OC)[Si](c1ccccc1)(c1ccccc1)c1ccccc1COC[C@H](Cc1ccccc1)N(C)C2. The van der Waals surface area contributed by atoms with Crippen LogP contribution >= 0.6 is 0 Å². The van der Waals surface area contributed by atoms with Gasteiger partial charge in [-0.05, 0) is 63.0 Å². The van der Waals surface area contributed by atoms with Crippen LogP contribution in [-0.2, 0) is 24.3 Å². The van der Waals surface area contributed by atoms with E-state index in [9.17, 15) is 0 Å². The maximum absolute atomic E-state index is 6.63. The normalized spacial score (nSPS) is 16.8. The highest BCUT2D eigenvalue weighted by Crippen LogP contribution is 2.30. The molecule has 5 aromatic carbocycles. The van der Waals surface area contributed by atoms with Crippen LogP contribution in [0.4, 0.5) is 0 Å². The van der Waals surface area contributed by atoms with E-state index in [1.165, 1.54) is 37.4 Å². The molecule has 0 aromatic heterocycles. The summed E-state index contributed by atoms with van der Waals surface area (Å²) in [5, 5.41) is 5.29. The van der Waals surface area contributed by atoms with Crippen molar-refractivity contribution in [2.75, 3.05) is 27.9 Å². The van der Waals surface area contributed by atoms with Gasteiger partial charge in [0.05, 0.1) is 27.4 Å². The maximum Gasteiger partial charge on any atom is 0.180 e. The molecule has 1 aliphatic heterocycles. The van der Waals surface area contributed by atoms with Gasteiger partial charge in [0, 0.05) is 12.6 Å². The summed E-state index contributed by atoms with van der Waals surface area (Å²) in [6, 6.07) is 46.4. The highest BCUT2D eigenvalue weighted by molar-refractivity contribution is 7.20. The Hall–Kier alpha value is -4.16. The van der Waals surface area contributed by atoms with Gasteiger partial charge >= 0.3 is 0 Å². The maximum atomic E-state index is 6.63. The van der Waals surface area contributed by atoms with Crippen molar-refractivity contribution in [3.05, 3.63) is 144 Å². The van der Waals surface area contributed by atoms with Gasteiger partial charge in [0.15, 0.2) is 19.6 Å². The molecule has 0 saturated carbocycles. The number of methoxy groups -OCH3 is 2. The Morgan fingerprint density at radius 2 is 1.23 bits per heavy atom. The quantitative estimate of drug-likeness (QED) is 0.272. The van der Waals surface area contributed by atoms with Crippen molar-refractivity contribution < 1.29 is 14.2 Å². The lowest BCUT2D eigenvalue weighted by Crippen LogP contribution is -2.76. The molecule has 4 nitrogen and oxygen atoms in total. The number of nitrogens with zero attached hydrogens (tertiary/aromatic N) is 1. The third kappa shape index (κ3) is 5.64. The summed E-state index contributed by atoms with van der Waals surface area (Å²) >= 11 is 0. The van der Waals surface area contributed by atoms with Gasteiger partial charge in [-0.15, -0.1) is 0 Å². The second-order valence-corrected chi connectivity index (χ2v) is 15.0. The second kappa shape index (κ2) is 13.0. The van der Waals surface area contributed by atoms with E-state index >= 15 is 0 Å². The molecule has 1 heterocycles. The Balaban J connectivity index is 1.67. The Kier molecular flexibility index (Phi) is 8.75. The largest absolute Gasteiger partial charge is 0.493 e. The number of ether oxygens (including phenoxy) is 3. The summed E-state index contributed by atoms with van der Waals surface area (Å²) < 4.78 is 18.5. The molecule has 0 fully saturated rings. The zero-order valence-corrected chi connectivity index (χ0v) is 26.2. The Bertz CT molecular complexity index is 1600. The van der Waals surface area contributed by atoms with Crippen LogP contribution in [0.3, 0.4) is 0 Å². The van der Waals surface area contributed by atoms with E-state index < -0.39 is 8.07 Å². The average Bonchev–Trinajstić information content (AvgIpc) is 3.08. The third-order valence-electron chi connectivity index (χ3n) is 8.77. The van der Waals surface area contributed by atoms with E-state index in [0.717, 1.165) is 24.5 Å². The van der Waals surface area contributed by atoms with E-state index in [1.807, 2.05) is 0 Å². The minimum Gasteiger partial charge on any atom is -0.493 e. The van der Waals surface area contributed by atoms with Crippen molar-refractivity contribution in [2.45, 2.75) is 25.6 Å². The van der Waals surface area contributed by atoms with E-state index in [1.54, 1.807) is 14.2 Å². The van der Waals surface area contributed by atoms with Crippen LogP contribution in [0.1, 0.15) is 16.7 Å². The fraction of sp³-hybridized carbons (Fsp3) is 0.211. The fourth-order valence-corrected chi connectivity index (χ4v) is 11.9. The van der Waals surface area contributed by atoms with Gasteiger partial charge in [0.25, 0.3) is 0 Å². The zero-order chi connectivity index (χ0) is 29.6. The van der Waals surface area contributed by atoms with Gasteiger partial charge in [0.2, 0.25) is 0 Å². The van der Waals surface area contributed by atoms with Crippen molar-refractivity contribution in [3.63, 3.8) is 0 Å². The third-order valence-corrected chi connectivity index (χ3v) is 13.7. The van der Waals surface area contributed by atoms with Crippen molar-refractivity contribution >= 4 is 28.8 Å². The van der Waals surface area contributed by atoms with E-state index in [4.69, 9.17) is 14.2 Å². The van der Waals surface area contributed by atoms with Crippen molar-refractivity contribution in [3.8, 4) is 11.5 Å². The highest BCUT2D eigenvalue weighted by Gasteiger charge is 2.45. The Morgan fingerprint density at radius 3 is 1.86 bits per heavy atom. The number of hydrogen-bond donors (Lipinski definition) is 0. The van der Waals surface area contributed by atoms with Gasteiger partial charge in [0.1, 0.15) is 0 Å². The smallest absolute Gasteiger partial charge is 0.180 e. The fourth-order valence-electron chi connectivity index (χ4n) is 6.65. The van der Waals surface area contributed by atoms with E-state index in [0.29, 0.717) is 13.2 Å². The van der Waals surface area contributed by atoms with Crippen LogP contribution in [0.2, 0.25) is 0 Å². The monoisotopic (exact) mass is 585 g/mol. The molecule has 0 aliphatic carbocycles. The van der Waals surface area contributed by atoms with Crippen molar-refractivity contribution in [1.82, 2.24) is 4.90 Å². The van der Waals surface area contributed by atoms with Crippen LogP contribution in [0.5, 0.6) is 11.5 Å². The van der Waals surface area contributed by atoms with Crippen LogP contribution in [-0.4, -0.2) is 46.9 Å². The summed E-state index contributed by atoms with van der Waals surface area (Å²) in [4.78, 5) is 2.45. The van der Waals surface area contributed by atoms with Crippen LogP contribution in [0.25, 0.3) is 0 Å². The summed E-state index contributed by atoms with van der Waals surface area (Å²) in [6.07, 6.45) is 0.904. The zero-order valence-electron chi connectivity index (χ0n) is 25.2. The van der Waals surface area contributed by atoms with Gasteiger partial charge < -0.3 is 14.2 Å². The first kappa shape index (κ1) is 28.9. The molecule has 0 radical (unpaired) electrons. The summed E-state index contributed by atoms with van der Waals surface area (Å²) in [7, 11) is 2.78. The van der Waals surface area contributed by atoms with Crippen LogP contribution in [0, 0.1) is 0 Å². The van der Waals surface area contributed by atoms with Crippen LogP contribution in [0.15, 0.2) is 127 Å². The number of likely N-dealkylation sites (N-methyl/N-ethyl adjacent to an activating group) is 1. The molecular weight excluding hydrogens is 547 g/mol. The first-order valence-corrected chi connectivity index (χ1v) is 16.9. The van der Waals surface area contributed by atoms with E-state index in [2.05, 4.69) is 139 Å². The standard InChI is InChI=1S/C38H39NO3Si/c1-39-26-31-24-35(40-2)36(41-3)25-38(31)43(33-18-9-5-10-19-33,34-20-11-6-12-21-34)37-22-14-13-17-30(37)27-42-28-32(39)23-29-15-7-4-8-16-29/h4-22,24-25,32H,23,26-28H2,1-3H3/t32-/m0/s1. The van der Waals surface area contributed by atoms with Crippen LogP contribution < -0.4 is 30.2 Å². The van der Waals surface area contributed by atoms with Gasteiger partial charge in [-0.2, -0.15) is 0 Å². The first-order valence-electron chi connectivity index (χ1n) is 14.9. The molecule has 218 valence electrons. The Morgan fingerprint density at radius 1 is 0.674 bits per heavy atom. The number of benzene rings is 5. The lowest BCUT2D eigenvalue weighted by Gasteiger charge is -2.38. The highest BCUT2D eigenvalue weighted by atomic mass is 28.3. The molecular formula is C38H39NO3Si. The molecule has 5 aromatic rings. The first-order chi connectivity index (χ1) is 21.1. The Labute approximate surface area is 256 Å². The van der Waals surface area contributed by atoms with Crippen molar-refractivity contribution in [1.29, 1.82) is 0 Å². The van der Waals surface area contributed by atoms with Gasteiger partial charge in [-0.25, -0.2) is 0 Å². The molecule has 43 heavy (non-hydrogen) atoms. The molecule has 0 N–H and O–H groups in total. The molecule has 1 aliphatic rings. The molecule has 5 heteroatoms.